The van der Waals surface area contributed by atoms with Crippen LogP contribution in [0.2, 0.25) is 0 Å². The minimum atomic E-state index is -3.83. The van der Waals surface area contributed by atoms with Gasteiger partial charge in [-0.2, -0.15) is 4.31 Å². The van der Waals surface area contributed by atoms with Gasteiger partial charge in [-0.15, -0.1) is 0 Å². The van der Waals surface area contributed by atoms with Gasteiger partial charge in [0.1, 0.15) is 12.1 Å². The highest BCUT2D eigenvalue weighted by atomic mass is 32.2. The average molecular weight is 352 g/mol. The summed E-state index contributed by atoms with van der Waals surface area (Å²) in [4.78, 5) is 25.3. The van der Waals surface area contributed by atoms with Crippen molar-refractivity contribution in [3.63, 3.8) is 0 Å². The second-order valence-corrected chi connectivity index (χ2v) is 8.35. The third kappa shape index (κ3) is 2.50. The first-order valence-corrected chi connectivity index (χ1v) is 9.21. The molecule has 24 heavy (non-hydrogen) atoms. The highest BCUT2D eigenvalue weighted by molar-refractivity contribution is 7.89. The molecule has 0 N–H and O–H groups in total. The molecule has 2 aliphatic heterocycles. The lowest BCUT2D eigenvalue weighted by Crippen LogP contribution is -2.58. The summed E-state index contributed by atoms with van der Waals surface area (Å²) in [5.74, 6) is -0.620. The summed E-state index contributed by atoms with van der Waals surface area (Å²) >= 11 is 0. The Hall–Kier alpha value is -1.93. The van der Waals surface area contributed by atoms with Crippen LogP contribution in [0.1, 0.15) is 26.3 Å². The molecule has 0 bridgehead atoms. The number of carbonyl (C=O) groups is 2. The molecule has 0 aliphatic carbocycles. The SMILES string of the molecule is CC(=O)N1CCc2cc(S(=O)(=O)N3CCOC(=O)C3(C)C)ccc21. The number of sulfonamides is 1. The molecule has 0 radical (unpaired) electrons. The maximum Gasteiger partial charge on any atom is 0.327 e. The van der Waals surface area contributed by atoms with Crippen LogP contribution >= 0.6 is 0 Å². The minimum absolute atomic E-state index is 0.0462. The van der Waals surface area contributed by atoms with Crippen molar-refractivity contribution in [2.24, 2.45) is 0 Å². The predicted octanol–water partition coefficient (Wildman–Crippen LogP) is 0.922. The molecule has 0 unspecified atom stereocenters. The van der Waals surface area contributed by atoms with Gasteiger partial charge >= 0.3 is 5.97 Å². The zero-order chi connectivity index (χ0) is 17.7. The Morgan fingerprint density at radius 3 is 2.62 bits per heavy atom. The summed E-state index contributed by atoms with van der Waals surface area (Å²) in [6.07, 6.45) is 0.615. The van der Waals surface area contributed by atoms with Crippen LogP contribution in [0.15, 0.2) is 23.1 Å². The van der Waals surface area contributed by atoms with Gasteiger partial charge in [-0.3, -0.25) is 9.59 Å². The molecule has 0 spiro atoms. The van der Waals surface area contributed by atoms with Crippen LogP contribution in [-0.4, -0.2) is 49.8 Å². The molecule has 0 aromatic heterocycles. The fraction of sp³-hybridized carbons (Fsp3) is 0.500. The number of benzene rings is 1. The number of anilines is 1. The second kappa shape index (κ2) is 5.56. The van der Waals surface area contributed by atoms with Crippen molar-refractivity contribution in [2.75, 3.05) is 24.6 Å². The van der Waals surface area contributed by atoms with Crippen LogP contribution < -0.4 is 4.90 Å². The van der Waals surface area contributed by atoms with Crippen LogP contribution in [0, 0.1) is 0 Å². The van der Waals surface area contributed by atoms with E-state index in [0.29, 0.717) is 13.0 Å². The molecule has 0 saturated carbocycles. The van der Waals surface area contributed by atoms with Crippen molar-refractivity contribution in [2.45, 2.75) is 37.6 Å². The molecule has 2 aliphatic rings. The summed E-state index contributed by atoms with van der Waals surface area (Å²) in [6.45, 7) is 5.29. The Balaban J connectivity index is 2.00. The van der Waals surface area contributed by atoms with Crippen LogP contribution in [0.25, 0.3) is 0 Å². The normalized spacial score (nSPS) is 20.6. The van der Waals surface area contributed by atoms with Gasteiger partial charge in [-0.05, 0) is 44.0 Å². The van der Waals surface area contributed by atoms with E-state index in [4.69, 9.17) is 4.74 Å². The summed E-state index contributed by atoms with van der Waals surface area (Å²) in [7, 11) is -3.83. The van der Waals surface area contributed by atoms with Gasteiger partial charge in [0.15, 0.2) is 0 Å². The number of hydrogen-bond acceptors (Lipinski definition) is 5. The second-order valence-electron chi connectivity index (χ2n) is 6.48. The molecule has 1 saturated heterocycles. The van der Waals surface area contributed by atoms with Gasteiger partial charge in [-0.25, -0.2) is 8.42 Å². The molecule has 0 atom stereocenters. The first-order valence-electron chi connectivity index (χ1n) is 7.77. The number of carbonyl (C=O) groups excluding carboxylic acids is 2. The first kappa shape index (κ1) is 16.9. The summed E-state index contributed by atoms with van der Waals surface area (Å²) in [5.41, 5.74) is 0.323. The van der Waals surface area contributed by atoms with Gasteiger partial charge in [-0.1, -0.05) is 0 Å². The summed E-state index contributed by atoms with van der Waals surface area (Å²) in [5, 5.41) is 0. The Bertz CT molecular complexity index is 816. The predicted molar refractivity (Wildman–Crippen MR) is 87.1 cm³/mol. The highest BCUT2D eigenvalue weighted by Crippen LogP contribution is 2.33. The van der Waals surface area contributed by atoms with E-state index in [1.807, 2.05) is 0 Å². The third-order valence-electron chi connectivity index (χ3n) is 4.57. The molecule has 1 aromatic rings. The van der Waals surface area contributed by atoms with Gasteiger partial charge < -0.3 is 9.64 Å². The fourth-order valence-electron chi connectivity index (χ4n) is 3.19. The molecule has 8 heteroatoms. The van der Waals surface area contributed by atoms with E-state index in [9.17, 15) is 18.0 Å². The zero-order valence-corrected chi connectivity index (χ0v) is 14.7. The van der Waals surface area contributed by atoms with E-state index >= 15 is 0 Å². The number of fused-ring (bicyclic) bond motifs is 1. The minimum Gasteiger partial charge on any atom is -0.463 e. The average Bonchev–Trinajstić information content (AvgIpc) is 2.93. The number of nitrogens with zero attached hydrogens (tertiary/aromatic N) is 2. The van der Waals surface area contributed by atoms with Crippen LogP contribution in [0.4, 0.5) is 5.69 Å². The maximum atomic E-state index is 13.0. The number of amides is 1. The Kier molecular flexibility index (Phi) is 3.92. The summed E-state index contributed by atoms with van der Waals surface area (Å²) in [6, 6.07) is 4.75. The van der Waals surface area contributed by atoms with Crippen LogP contribution in [0.5, 0.6) is 0 Å². The van der Waals surface area contributed by atoms with Gasteiger partial charge in [0.25, 0.3) is 0 Å². The fourth-order valence-corrected chi connectivity index (χ4v) is 4.97. The van der Waals surface area contributed by atoms with E-state index in [1.54, 1.807) is 17.0 Å². The maximum absolute atomic E-state index is 13.0. The van der Waals surface area contributed by atoms with Crippen molar-refractivity contribution in [1.82, 2.24) is 4.31 Å². The van der Waals surface area contributed by atoms with Gasteiger partial charge in [0.05, 0.1) is 4.90 Å². The number of morpholine rings is 1. The van der Waals surface area contributed by atoms with Crippen molar-refractivity contribution < 1.29 is 22.7 Å². The van der Waals surface area contributed by atoms with Crippen molar-refractivity contribution in [1.29, 1.82) is 0 Å². The largest absolute Gasteiger partial charge is 0.463 e. The molecule has 2 heterocycles. The molecule has 3 rings (SSSR count). The number of hydrogen-bond donors (Lipinski definition) is 0. The standard InChI is InChI=1S/C16H20N2O5S/c1-11(19)17-7-6-12-10-13(4-5-14(12)17)24(21,22)18-8-9-23-15(20)16(18,2)3/h4-5,10H,6-9H2,1-3H3. The van der Waals surface area contributed by atoms with Crippen molar-refractivity contribution >= 4 is 27.6 Å². The first-order chi connectivity index (χ1) is 11.2. The lowest BCUT2D eigenvalue weighted by Gasteiger charge is -2.38. The molecule has 1 aromatic carbocycles. The van der Waals surface area contributed by atoms with E-state index < -0.39 is 21.5 Å². The number of ether oxygens (including phenoxy) is 1. The number of esters is 1. The molecular formula is C16H20N2O5S. The van der Waals surface area contributed by atoms with E-state index in [-0.39, 0.29) is 24.0 Å². The molecule has 1 amide bonds. The number of rotatable bonds is 2. The Morgan fingerprint density at radius 2 is 1.96 bits per heavy atom. The van der Waals surface area contributed by atoms with E-state index in [1.165, 1.54) is 31.1 Å². The van der Waals surface area contributed by atoms with Crippen LogP contribution in [0.3, 0.4) is 0 Å². The Morgan fingerprint density at radius 1 is 1.25 bits per heavy atom. The lowest BCUT2D eigenvalue weighted by molar-refractivity contribution is -0.160. The zero-order valence-electron chi connectivity index (χ0n) is 13.9. The smallest absolute Gasteiger partial charge is 0.327 e. The van der Waals surface area contributed by atoms with Gasteiger partial charge in [0.2, 0.25) is 15.9 Å². The third-order valence-corrected chi connectivity index (χ3v) is 6.63. The Labute approximate surface area is 141 Å². The van der Waals surface area contributed by atoms with Crippen molar-refractivity contribution in [3.8, 4) is 0 Å². The lowest BCUT2D eigenvalue weighted by atomic mass is 10.1. The molecular weight excluding hydrogens is 332 g/mol. The molecule has 7 nitrogen and oxygen atoms in total. The van der Waals surface area contributed by atoms with Crippen molar-refractivity contribution in [3.05, 3.63) is 23.8 Å². The van der Waals surface area contributed by atoms with E-state index in [0.717, 1.165) is 11.3 Å². The quantitative estimate of drug-likeness (QED) is 0.739. The molecule has 1 fully saturated rings. The highest BCUT2D eigenvalue weighted by Gasteiger charge is 2.46. The van der Waals surface area contributed by atoms with E-state index in [2.05, 4.69) is 0 Å². The van der Waals surface area contributed by atoms with Crippen LogP contribution in [-0.2, 0) is 30.8 Å². The topological polar surface area (TPSA) is 84.0 Å². The molecule has 130 valence electrons. The van der Waals surface area contributed by atoms with Gasteiger partial charge in [0, 0.05) is 25.7 Å². The number of cyclic esters (lactones) is 1. The monoisotopic (exact) mass is 352 g/mol. The summed E-state index contributed by atoms with van der Waals surface area (Å²) < 4.78 is 32.2.